The Labute approximate surface area is 191 Å². The highest BCUT2D eigenvalue weighted by Gasteiger charge is 2.15. The third-order valence-electron chi connectivity index (χ3n) is 5.06. The number of benzene rings is 2. The van der Waals surface area contributed by atoms with Crippen LogP contribution in [0.3, 0.4) is 0 Å². The van der Waals surface area contributed by atoms with Crippen LogP contribution in [0.1, 0.15) is 12.5 Å². The summed E-state index contributed by atoms with van der Waals surface area (Å²) < 4.78 is 18.4. The molecule has 0 spiro atoms. The fraction of sp³-hybridized carbons (Fsp3) is 0.348. The average molecular weight is 455 g/mol. The molecule has 0 fully saturated rings. The molecule has 9 heteroatoms. The summed E-state index contributed by atoms with van der Waals surface area (Å²) in [4.78, 5) is 12.3. The number of nitrogens with one attached hydrogen (secondary N) is 1. The Balaban J connectivity index is 1.28. The first-order chi connectivity index (χ1) is 15.7. The predicted octanol–water partition coefficient (Wildman–Crippen LogP) is 3.20. The monoisotopic (exact) mass is 454 g/mol. The molecular formula is C23H26N4O4S. The minimum absolute atomic E-state index is 0.0378. The summed E-state index contributed by atoms with van der Waals surface area (Å²) in [6, 6.07) is 13.6. The first kappa shape index (κ1) is 22.0. The molecule has 0 radical (unpaired) electrons. The Morgan fingerprint density at radius 1 is 1.12 bits per heavy atom. The lowest BCUT2D eigenvalue weighted by molar-refractivity contribution is -0.118. The van der Waals surface area contributed by atoms with Crippen LogP contribution < -0.4 is 19.5 Å². The number of aromatic nitrogens is 3. The highest BCUT2D eigenvalue weighted by molar-refractivity contribution is 7.99. The number of hydrogen-bond donors (Lipinski definition) is 1. The number of thioether (sulfide) groups is 1. The van der Waals surface area contributed by atoms with Gasteiger partial charge in [-0.3, -0.25) is 4.79 Å². The van der Waals surface area contributed by atoms with Crippen LogP contribution in [0.5, 0.6) is 17.2 Å². The normalized spacial score (nSPS) is 12.4. The topological polar surface area (TPSA) is 87.5 Å². The first-order valence-corrected chi connectivity index (χ1v) is 11.5. The number of carbonyl (C=O) groups is 1. The maximum absolute atomic E-state index is 12.3. The Bertz CT molecular complexity index is 1070. The van der Waals surface area contributed by atoms with Crippen molar-refractivity contribution >= 4 is 17.7 Å². The van der Waals surface area contributed by atoms with E-state index in [2.05, 4.69) is 15.5 Å². The highest BCUT2D eigenvalue weighted by Crippen LogP contribution is 2.31. The second-order valence-corrected chi connectivity index (χ2v) is 8.09. The summed E-state index contributed by atoms with van der Waals surface area (Å²) in [5.41, 5.74) is 2.05. The third-order valence-corrected chi connectivity index (χ3v) is 6.02. The molecule has 0 atom stereocenters. The lowest BCUT2D eigenvalue weighted by Crippen LogP contribution is -2.27. The SMILES string of the molecule is CCn1c(SCC(=O)NCCc2ccc3c(c2)OCCO3)nnc1-c1ccc(OC)cc1. The van der Waals surface area contributed by atoms with Gasteiger partial charge in [-0.15, -0.1) is 10.2 Å². The lowest BCUT2D eigenvalue weighted by Gasteiger charge is -2.18. The smallest absolute Gasteiger partial charge is 0.230 e. The largest absolute Gasteiger partial charge is 0.497 e. The molecule has 1 aliphatic rings. The summed E-state index contributed by atoms with van der Waals surface area (Å²) in [5.74, 6) is 3.35. The molecule has 0 unspecified atom stereocenters. The Morgan fingerprint density at radius 2 is 1.91 bits per heavy atom. The Hall–Kier alpha value is -3.20. The molecule has 4 rings (SSSR count). The Morgan fingerprint density at radius 3 is 2.66 bits per heavy atom. The summed E-state index contributed by atoms with van der Waals surface area (Å²) >= 11 is 1.38. The van der Waals surface area contributed by atoms with Gasteiger partial charge < -0.3 is 24.1 Å². The lowest BCUT2D eigenvalue weighted by atomic mass is 10.1. The second kappa shape index (κ2) is 10.4. The van der Waals surface area contributed by atoms with Crippen molar-refractivity contribution in [3.63, 3.8) is 0 Å². The molecule has 1 aromatic heterocycles. The van der Waals surface area contributed by atoms with E-state index in [1.54, 1.807) is 7.11 Å². The van der Waals surface area contributed by atoms with E-state index >= 15 is 0 Å². The van der Waals surface area contributed by atoms with Gasteiger partial charge in [0, 0.05) is 18.7 Å². The van der Waals surface area contributed by atoms with Gasteiger partial charge in [-0.25, -0.2) is 0 Å². The van der Waals surface area contributed by atoms with E-state index in [0.717, 1.165) is 45.8 Å². The van der Waals surface area contributed by atoms with Crippen molar-refractivity contribution in [3.05, 3.63) is 48.0 Å². The van der Waals surface area contributed by atoms with Gasteiger partial charge in [0.05, 0.1) is 12.9 Å². The molecule has 2 aromatic carbocycles. The van der Waals surface area contributed by atoms with Crippen LogP contribution in [0.25, 0.3) is 11.4 Å². The number of methoxy groups -OCH3 is 1. The van der Waals surface area contributed by atoms with E-state index in [9.17, 15) is 4.79 Å². The zero-order valence-electron chi connectivity index (χ0n) is 18.2. The maximum Gasteiger partial charge on any atom is 0.230 e. The number of rotatable bonds is 9. The molecule has 1 N–H and O–H groups in total. The van der Waals surface area contributed by atoms with Crippen LogP contribution in [-0.2, 0) is 17.8 Å². The van der Waals surface area contributed by atoms with Gasteiger partial charge in [0.2, 0.25) is 5.91 Å². The van der Waals surface area contributed by atoms with Crippen LogP contribution in [-0.4, -0.2) is 53.3 Å². The third kappa shape index (κ3) is 5.16. The van der Waals surface area contributed by atoms with Crippen molar-refractivity contribution in [2.75, 3.05) is 32.6 Å². The molecule has 1 amide bonds. The predicted molar refractivity (Wildman–Crippen MR) is 123 cm³/mol. The summed E-state index contributed by atoms with van der Waals surface area (Å²) in [6.07, 6.45) is 0.722. The van der Waals surface area contributed by atoms with Gasteiger partial charge in [0.1, 0.15) is 19.0 Å². The number of nitrogens with zero attached hydrogens (tertiary/aromatic N) is 3. The van der Waals surface area contributed by atoms with Crippen LogP contribution in [0.2, 0.25) is 0 Å². The molecule has 32 heavy (non-hydrogen) atoms. The van der Waals surface area contributed by atoms with Gasteiger partial charge in [0.25, 0.3) is 0 Å². The summed E-state index contributed by atoms with van der Waals surface area (Å²) in [5, 5.41) is 12.3. The molecule has 8 nitrogen and oxygen atoms in total. The highest BCUT2D eigenvalue weighted by atomic mass is 32.2. The zero-order chi connectivity index (χ0) is 22.3. The first-order valence-electron chi connectivity index (χ1n) is 10.5. The van der Waals surface area contributed by atoms with E-state index < -0.39 is 0 Å². The molecule has 3 aromatic rings. The molecule has 2 heterocycles. The van der Waals surface area contributed by atoms with Crippen molar-refractivity contribution in [1.29, 1.82) is 0 Å². The fourth-order valence-electron chi connectivity index (χ4n) is 3.40. The van der Waals surface area contributed by atoms with Gasteiger partial charge in [-0.05, 0) is 55.3 Å². The van der Waals surface area contributed by atoms with E-state index in [-0.39, 0.29) is 11.7 Å². The van der Waals surface area contributed by atoms with E-state index in [4.69, 9.17) is 14.2 Å². The van der Waals surface area contributed by atoms with E-state index in [1.807, 2.05) is 54.0 Å². The molecule has 168 valence electrons. The quantitative estimate of drug-likeness (QED) is 0.497. The number of hydrogen-bond acceptors (Lipinski definition) is 7. The molecule has 0 saturated heterocycles. The number of carbonyl (C=O) groups excluding carboxylic acids is 1. The molecule has 0 aliphatic carbocycles. The second-order valence-electron chi connectivity index (χ2n) is 7.15. The van der Waals surface area contributed by atoms with Crippen LogP contribution in [0.15, 0.2) is 47.6 Å². The molecule has 1 aliphatic heterocycles. The van der Waals surface area contributed by atoms with Crippen molar-refractivity contribution < 1.29 is 19.0 Å². The Kier molecular flexibility index (Phi) is 7.16. The minimum atomic E-state index is -0.0378. The summed E-state index contributed by atoms with van der Waals surface area (Å²) in [6.45, 7) is 4.44. The van der Waals surface area contributed by atoms with Crippen molar-refractivity contribution in [1.82, 2.24) is 20.1 Å². The van der Waals surface area contributed by atoms with Crippen LogP contribution >= 0.6 is 11.8 Å². The van der Waals surface area contributed by atoms with E-state index in [0.29, 0.717) is 26.3 Å². The standard InChI is InChI=1S/C23H26N4O4S/c1-3-27-22(17-5-7-18(29-2)8-6-17)25-26-23(27)32-15-21(28)24-11-10-16-4-9-19-20(14-16)31-13-12-30-19/h4-9,14H,3,10-13,15H2,1-2H3,(H,24,28). The number of ether oxygens (including phenoxy) is 3. The van der Waals surface area contributed by atoms with Crippen molar-refractivity contribution in [3.8, 4) is 28.6 Å². The van der Waals surface area contributed by atoms with E-state index in [1.165, 1.54) is 11.8 Å². The van der Waals surface area contributed by atoms with Gasteiger partial charge in [0.15, 0.2) is 22.5 Å². The zero-order valence-corrected chi connectivity index (χ0v) is 19.0. The van der Waals surface area contributed by atoms with Crippen LogP contribution in [0, 0.1) is 0 Å². The number of fused-ring (bicyclic) bond motifs is 1. The van der Waals surface area contributed by atoms with Crippen molar-refractivity contribution in [2.45, 2.75) is 25.0 Å². The van der Waals surface area contributed by atoms with Crippen LogP contribution in [0.4, 0.5) is 0 Å². The van der Waals surface area contributed by atoms with Gasteiger partial charge in [-0.1, -0.05) is 17.8 Å². The number of amides is 1. The fourth-order valence-corrected chi connectivity index (χ4v) is 4.24. The van der Waals surface area contributed by atoms with Gasteiger partial charge in [-0.2, -0.15) is 0 Å². The maximum atomic E-state index is 12.3. The molecular weight excluding hydrogens is 428 g/mol. The minimum Gasteiger partial charge on any atom is -0.497 e. The molecule has 0 saturated carbocycles. The average Bonchev–Trinajstić information content (AvgIpc) is 3.25. The molecule has 0 bridgehead atoms. The summed E-state index contributed by atoms with van der Waals surface area (Å²) in [7, 11) is 1.64. The van der Waals surface area contributed by atoms with Crippen molar-refractivity contribution in [2.24, 2.45) is 0 Å². The van der Waals surface area contributed by atoms with Gasteiger partial charge >= 0.3 is 0 Å².